The molecule has 0 spiro atoms. The van der Waals surface area contributed by atoms with Gasteiger partial charge in [0.05, 0.1) is 12.5 Å². The van der Waals surface area contributed by atoms with Crippen molar-refractivity contribution in [2.45, 2.75) is 19.3 Å². The summed E-state index contributed by atoms with van der Waals surface area (Å²) in [6.45, 7) is 4.47. The number of rotatable bonds is 4. The molecule has 1 amide bonds. The van der Waals surface area contributed by atoms with Crippen LogP contribution in [0.1, 0.15) is 19.3 Å². The van der Waals surface area contributed by atoms with Gasteiger partial charge in [-0.25, -0.2) is 0 Å². The molecule has 15 heavy (non-hydrogen) atoms. The van der Waals surface area contributed by atoms with E-state index in [1.807, 2.05) is 0 Å². The molecule has 2 N–H and O–H groups in total. The molecule has 4 heteroatoms. The number of ether oxygens (including phenoxy) is 1. The van der Waals surface area contributed by atoms with E-state index >= 15 is 0 Å². The van der Waals surface area contributed by atoms with Gasteiger partial charge in [0, 0.05) is 13.2 Å². The van der Waals surface area contributed by atoms with Crippen LogP contribution in [-0.2, 0) is 9.53 Å². The lowest BCUT2D eigenvalue weighted by Gasteiger charge is -2.27. The van der Waals surface area contributed by atoms with Crippen LogP contribution in [0.2, 0.25) is 0 Å². The van der Waals surface area contributed by atoms with Crippen molar-refractivity contribution in [1.82, 2.24) is 10.6 Å². The molecule has 0 saturated carbocycles. The molecular formula is C11H20N2O2. The van der Waals surface area contributed by atoms with E-state index in [9.17, 15) is 4.79 Å². The molecule has 2 rings (SSSR count). The molecule has 1 unspecified atom stereocenters. The standard InChI is InChI=1S/C11H20N2O2/c14-11(10-2-1-5-15-8-10)13-4-3-9-6-12-7-9/h9-10,12H,1-8H2,(H,13,14). The summed E-state index contributed by atoms with van der Waals surface area (Å²) in [5.74, 6) is 1.05. The van der Waals surface area contributed by atoms with E-state index in [-0.39, 0.29) is 11.8 Å². The SMILES string of the molecule is O=C(NCCC1CNC1)C1CCCOC1. The molecule has 86 valence electrons. The molecule has 1 atom stereocenters. The van der Waals surface area contributed by atoms with Crippen LogP contribution in [0.25, 0.3) is 0 Å². The van der Waals surface area contributed by atoms with Crippen molar-refractivity contribution in [3.05, 3.63) is 0 Å². The molecule has 0 radical (unpaired) electrons. The summed E-state index contributed by atoms with van der Waals surface area (Å²) in [4.78, 5) is 11.7. The average molecular weight is 212 g/mol. The third-order valence-electron chi connectivity index (χ3n) is 3.25. The molecule has 2 heterocycles. The largest absolute Gasteiger partial charge is 0.381 e. The number of hydrogen-bond acceptors (Lipinski definition) is 3. The van der Waals surface area contributed by atoms with Gasteiger partial charge in [0.1, 0.15) is 0 Å². The molecule has 4 nitrogen and oxygen atoms in total. The average Bonchev–Trinajstić information content (AvgIpc) is 2.23. The van der Waals surface area contributed by atoms with Crippen molar-refractivity contribution in [2.75, 3.05) is 32.8 Å². The second-order valence-electron chi connectivity index (χ2n) is 4.52. The minimum Gasteiger partial charge on any atom is -0.381 e. The van der Waals surface area contributed by atoms with Gasteiger partial charge in [0.2, 0.25) is 5.91 Å². The number of amides is 1. The first kappa shape index (κ1) is 10.9. The highest BCUT2D eigenvalue weighted by molar-refractivity contribution is 5.78. The van der Waals surface area contributed by atoms with E-state index < -0.39 is 0 Å². The summed E-state index contributed by atoms with van der Waals surface area (Å²) >= 11 is 0. The van der Waals surface area contributed by atoms with Gasteiger partial charge < -0.3 is 15.4 Å². The van der Waals surface area contributed by atoms with E-state index in [0.717, 1.165) is 51.4 Å². The smallest absolute Gasteiger partial charge is 0.225 e. The Bertz CT molecular complexity index is 211. The normalized spacial score (nSPS) is 27.1. The second-order valence-corrected chi connectivity index (χ2v) is 4.52. The predicted octanol–water partition coefficient (Wildman–Crippen LogP) is 0.139. The molecule has 2 fully saturated rings. The first-order chi connectivity index (χ1) is 7.36. The fraction of sp³-hybridized carbons (Fsp3) is 0.909. The fourth-order valence-corrected chi connectivity index (χ4v) is 2.04. The summed E-state index contributed by atoms with van der Waals surface area (Å²) in [5, 5.41) is 6.23. The van der Waals surface area contributed by atoms with Gasteiger partial charge in [-0.1, -0.05) is 0 Å². The Hall–Kier alpha value is -0.610. The second kappa shape index (κ2) is 5.47. The Kier molecular flexibility index (Phi) is 3.97. The molecule has 0 aromatic heterocycles. The van der Waals surface area contributed by atoms with Gasteiger partial charge in [-0.05, 0) is 38.3 Å². The van der Waals surface area contributed by atoms with Crippen molar-refractivity contribution < 1.29 is 9.53 Å². The third kappa shape index (κ3) is 3.18. The van der Waals surface area contributed by atoms with E-state index in [1.54, 1.807) is 0 Å². The zero-order chi connectivity index (χ0) is 10.5. The lowest BCUT2D eigenvalue weighted by Crippen LogP contribution is -2.44. The van der Waals surface area contributed by atoms with Crippen LogP contribution in [0.5, 0.6) is 0 Å². The van der Waals surface area contributed by atoms with Crippen LogP contribution < -0.4 is 10.6 Å². The summed E-state index contributed by atoms with van der Waals surface area (Å²) in [7, 11) is 0. The maximum Gasteiger partial charge on any atom is 0.225 e. The number of carbonyl (C=O) groups excluding carboxylic acids is 1. The first-order valence-electron chi connectivity index (χ1n) is 5.92. The molecule has 0 aliphatic carbocycles. The Morgan fingerprint density at radius 2 is 2.33 bits per heavy atom. The van der Waals surface area contributed by atoms with Crippen LogP contribution in [0.4, 0.5) is 0 Å². The Morgan fingerprint density at radius 3 is 2.93 bits per heavy atom. The quantitative estimate of drug-likeness (QED) is 0.697. The number of nitrogens with one attached hydrogen (secondary N) is 2. The minimum atomic E-state index is 0.0956. The van der Waals surface area contributed by atoms with Gasteiger partial charge in [0.15, 0.2) is 0 Å². The highest BCUT2D eigenvalue weighted by Gasteiger charge is 2.22. The Balaban J connectivity index is 1.58. The van der Waals surface area contributed by atoms with Crippen LogP contribution in [0, 0.1) is 11.8 Å². The minimum absolute atomic E-state index is 0.0956. The molecule has 0 bridgehead atoms. The van der Waals surface area contributed by atoms with Gasteiger partial charge in [0.25, 0.3) is 0 Å². The lowest BCUT2D eigenvalue weighted by molar-refractivity contribution is -0.129. The highest BCUT2D eigenvalue weighted by Crippen LogP contribution is 2.13. The van der Waals surface area contributed by atoms with Gasteiger partial charge >= 0.3 is 0 Å². The van der Waals surface area contributed by atoms with E-state index in [0.29, 0.717) is 6.61 Å². The third-order valence-corrected chi connectivity index (χ3v) is 3.25. The molecular weight excluding hydrogens is 192 g/mol. The summed E-state index contributed by atoms with van der Waals surface area (Å²) in [6.07, 6.45) is 3.10. The van der Waals surface area contributed by atoms with Crippen LogP contribution in [0.3, 0.4) is 0 Å². The molecule has 0 aromatic carbocycles. The van der Waals surface area contributed by atoms with Crippen molar-refractivity contribution in [3.8, 4) is 0 Å². The van der Waals surface area contributed by atoms with E-state index in [2.05, 4.69) is 10.6 Å². The highest BCUT2D eigenvalue weighted by atomic mass is 16.5. The summed E-state index contributed by atoms with van der Waals surface area (Å²) in [5.41, 5.74) is 0. The van der Waals surface area contributed by atoms with Gasteiger partial charge in [-0.3, -0.25) is 4.79 Å². The van der Waals surface area contributed by atoms with E-state index in [1.165, 1.54) is 0 Å². The molecule has 2 aliphatic rings. The predicted molar refractivity (Wildman–Crippen MR) is 57.5 cm³/mol. The monoisotopic (exact) mass is 212 g/mol. The first-order valence-corrected chi connectivity index (χ1v) is 5.92. The van der Waals surface area contributed by atoms with Crippen LogP contribution in [-0.4, -0.2) is 38.8 Å². The van der Waals surface area contributed by atoms with Crippen molar-refractivity contribution in [3.63, 3.8) is 0 Å². The molecule has 0 aromatic rings. The number of carbonyl (C=O) groups is 1. The van der Waals surface area contributed by atoms with Gasteiger partial charge in [-0.2, -0.15) is 0 Å². The molecule has 2 aliphatic heterocycles. The summed E-state index contributed by atoms with van der Waals surface area (Å²) in [6, 6.07) is 0. The Labute approximate surface area is 90.8 Å². The Morgan fingerprint density at radius 1 is 1.47 bits per heavy atom. The van der Waals surface area contributed by atoms with Gasteiger partial charge in [-0.15, -0.1) is 0 Å². The van der Waals surface area contributed by atoms with Crippen LogP contribution in [0.15, 0.2) is 0 Å². The lowest BCUT2D eigenvalue weighted by atomic mass is 9.98. The van der Waals surface area contributed by atoms with Crippen LogP contribution >= 0.6 is 0 Å². The maximum atomic E-state index is 11.7. The zero-order valence-corrected chi connectivity index (χ0v) is 9.13. The maximum absolute atomic E-state index is 11.7. The topological polar surface area (TPSA) is 50.4 Å². The zero-order valence-electron chi connectivity index (χ0n) is 9.13. The van der Waals surface area contributed by atoms with Crippen molar-refractivity contribution in [2.24, 2.45) is 11.8 Å². The summed E-state index contributed by atoms with van der Waals surface area (Å²) < 4.78 is 5.29. The number of hydrogen-bond donors (Lipinski definition) is 2. The fourth-order valence-electron chi connectivity index (χ4n) is 2.04. The van der Waals surface area contributed by atoms with E-state index in [4.69, 9.17) is 4.74 Å². The van der Waals surface area contributed by atoms with Crippen molar-refractivity contribution >= 4 is 5.91 Å². The van der Waals surface area contributed by atoms with Crippen molar-refractivity contribution in [1.29, 1.82) is 0 Å². The molecule has 2 saturated heterocycles.